The van der Waals surface area contributed by atoms with Crippen molar-refractivity contribution in [3.63, 3.8) is 0 Å². The summed E-state index contributed by atoms with van der Waals surface area (Å²) in [4.78, 5) is 2.43. The Morgan fingerprint density at radius 1 is 1.25 bits per heavy atom. The maximum atomic E-state index is 5.71. The fourth-order valence-electron chi connectivity index (χ4n) is 2.83. The smallest absolute Gasteiger partial charge is 0.0469 e. The molecule has 0 aliphatic carbocycles. The number of benzene rings is 1. The van der Waals surface area contributed by atoms with Crippen LogP contribution in [0.3, 0.4) is 0 Å². The van der Waals surface area contributed by atoms with Gasteiger partial charge in [-0.2, -0.15) is 0 Å². The van der Waals surface area contributed by atoms with Gasteiger partial charge in [0, 0.05) is 26.3 Å². The minimum atomic E-state index is 0.448. The number of ether oxygens (including phenoxy) is 1. The van der Waals surface area contributed by atoms with Crippen molar-refractivity contribution in [3.8, 4) is 0 Å². The van der Waals surface area contributed by atoms with E-state index in [2.05, 4.69) is 43.1 Å². The summed E-state index contributed by atoms with van der Waals surface area (Å²) >= 11 is 0. The van der Waals surface area contributed by atoms with Gasteiger partial charge in [-0.3, -0.25) is 0 Å². The molecule has 1 aliphatic heterocycles. The second-order valence-corrected chi connectivity index (χ2v) is 6.13. The van der Waals surface area contributed by atoms with E-state index in [0.29, 0.717) is 12.5 Å². The molecule has 0 radical (unpaired) electrons. The maximum Gasteiger partial charge on any atom is 0.0469 e. The molecule has 1 atom stereocenters. The zero-order valence-electron chi connectivity index (χ0n) is 12.8. The number of rotatable bonds is 6. The first-order valence-electron chi connectivity index (χ1n) is 7.74. The number of hydrogen-bond donors (Lipinski definition) is 1. The topological polar surface area (TPSA) is 38.5 Å². The molecule has 1 saturated heterocycles. The average molecular weight is 276 g/mol. The summed E-state index contributed by atoms with van der Waals surface area (Å²) in [5, 5.41) is 0. The lowest BCUT2D eigenvalue weighted by Crippen LogP contribution is -2.29. The highest BCUT2D eigenvalue weighted by atomic mass is 16.5. The van der Waals surface area contributed by atoms with Crippen molar-refractivity contribution >= 4 is 0 Å². The molecule has 1 heterocycles. The van der Waals surface area contributed by atoms with Gasteiger partial charge < -0.3 is 15.4 Å². The molecule has 1 fully saturated rings. The molecule has 3 nitrogen and oxygen atoms in total. The molecule has 0 spiro atoms. The van der Waals surface area contributed by atoms with Crippen LogP contribution in [0.1, 0.15) is 36.8 Å². The summed E-state index contributed by atoms with van der Waals surface area (Å²) in [6, 6.07) is 8.91. The Bertz CT molecular complexity index is 384. The zero-order valence-corrected chi connectivity index (χ0v) is 12.8. The quantitative estimate of drug-likeness (QED) is 0.868. The van der Waals surface area contributed by atoms with Crippen molar-refractivity contribution in [3.05, 3.63) is 35.4 Å². The van der Waals surface area contributed by atoms with Gasteiger partial charge in [-0.1, -0.05) is 31.2 Å². The SMILES string of the molecule is CC(CN)c1ccc(CN(C)CC2CCOCC2)cc1. The van der Waals surface area contributed by atoms with Crippen LogP contribution in [0.5, 0.6) is 0 Å². The average Bonchev–Trinajstić information content (AvgIpc) is 2.48. The third-order valence-electron chi connectivity index (χ3n) is 4.27. The molecule has 0 saturated carbocycles. The summed E-state index contributed by atoms with van der Waals surface area (Å²) in [6.07, 6.45) is 2.41. The third kappa shape index (κ3) is 4.58. The van der Waals surface area contributed by atoms with E-state index in [1.165, 1.54) is 30.5 Å². The first-order chi connectivity index (χ1) is 9.69. The van der Waals surface area contributed by atoms with Crippen LogP contribution in [-0.2, 0) is 11.3 Å². The molecular weight excluding hydrogens is 248 g/mol. The van der Waals surface area contributed by atoms with Crippen LogP contribution in [0.4, 0.5) is 0 Å². The van der Waals surface area contributed by atoms with Crippen LogP contribution >= 0.6 is 0 Å². The highest BCUT2D eigenvalue weighted by molar-refractivity contribution is 5.25. The van der Waals surface area contributed by atoms with Gasteiger partial charge in [-0.05, 0) is 49.4 Å². The van der Waals surface area contributed by atoms with Crippen LogP contribution in [0.2, 0.25) is 0 Å². The van der Waals surface area contributed by atoms with Crippen LogP contribution in [-0.4, -0.2) is 38.3 Å². The number of hydrogen-bond acceptors (Lipinski definition) is 3. The molecule has 3 heteroatoms. The van der Waals surface area contributed by atoms with Gasteiger partial charge >= 0.3 is 0 Å². The van der Waals surface area contributed by atoms with E-state index >= 15 is 0 Å². The Labute approximate surface area is 123 Å². The fourth-order valence-corrected chi connectivity index (χ4v) is 2.83. The Morgan fingerprint density at radius 2 is 1.90 bits per heavy atom. The lowest BCUT2D eigenvalue weighted by molar-refractivity contribution is 0.0549. The van der Waals surface area contributed by atoms with E-state index < -0.39 is 0 Å². The Morgan fingerprint density at radius 3 is 2.50 bits per heavy atom. The maximum absolute atomic E-state index is 5.71. The van der Waals surface area contributed by atoms with Crippen LogP contribution in [0.15, 0.2) is 24.3 Å². The first kappa shape index (κ1) is 15.5. The molecule has 2 rings (SSSR count). The molecule has 112 valence electrons. The van der Waals surface area contributed by atoms with Crippen molar-refractivity contribution in [2.75, 3.05) is 33.4 Å². The molecule has 1 aromatic rings. The second kappa shape index (κ2) is 7.77. The molecule has 0 amide bonds. The van der Waals surface area contributed by atoms with E-state index in [0.717, 1.165) is 25.7 Å². The van der Waals surface area contributed by atoms with E-state index in [-0.39, 0.29) is 0 Å². The Kier molecular flexibility index (Phi) is 6.02. The van der Waals surface area contributed by atoms with E-state index in [9.17, 15) is 0 Å². The molecular formula is C17H28N2O. The molecule has 1 aliphatic rings. The molecule has 0 bridgehead atoms. The molecule has 1 unspecified atom stereocenters. The predicted molar refractivity (Wildman–Crippen MR) is 83.8 cm³/mol. The summed E-state index contributed by atoms with van der Waals surface area (Å²) in [7, 11) is 2.21. The minimum Gasteiger partial charge on any atom is -0.381 e. The van der Waals surface area contributed by atoms with Gasteiger partial charge in [0.25, 0.3) is 0 Å². The summed E-state index contributed by atoms with van der Waals surface area (Å²) in [5.74, 6) is 1.24. The van der Waals surface area contributed by atoms with E-state index in [4.69, 9.17) is 10.5 Å². The summed E-state index contributed by atoms with van der Waals surface area (Å²) in [6.45, 7) is 6.95. The largest absolute Gasteiger partial charge is 0.381 e. The van der Waals surface area contributed by atoms with E-state index in [1.807, 2.05) is 0 Å². The lowest BCUT2D eigenvalue weighted by atomic mass is 9.98. The summed E-state index contributed by atoms with van der Waals surface area (Å²) in [5.41, 5.74) is 8.43. The van der Waals surface area contributed by atoms with Gasteiger partial charge in [0.15, 0.2) is 0 Å². The molecule has 2 N–H and O–H groups in total. The normalized spacial score (nSPS) is 18.4. The van der Waals surface area contributed by atoms with Crippen molar-refractivity contribution in [2.24, 2.45) is 11.7 Å². The highest BCUT2D eigenvalue weighted by Gasteiger charge is 2.15. The first-order valence-corrected chi connectivity index (χ1v) is 7.74. The summed E-state index contributed by atoms with van der Waals surface area (Å²) < 4.78 is 5.42. The third-order valence-corrected chi connectivity index (χ3v) is 4.27. The van der Waals surface area contributed by atoms with Crippen molar-refractivity contribution < 1.29 is 4.74 Å². The zero-order chi connectivity index (χ0) is 14.4. The predicted octanol–water partition coefficient (Wildman–Crippen LogP) is 2.61. The highest BCUT2D eigenvalue weighted by Crippen LogP contribution is 2.18. The van der Waals surface area contributed by atoms with Crippen LogP contribution in [0, 0.1) is 5.92 Å². The van der Waals surface area contributed by atoms with Crippen molar-refractivity contribution in [1.29, 1.82) is 0 Å². The monoisotopic (exact) mass is 276 g/mol. The lowest BCUT2D eigenvalue weighted by Gasteiger charge is -2.27. The van der Waals surface area contributed by atoms with Gasteiger partial charge in [0.2, 0.25) is 0 Å². The van der Waals surface area contributed by atoms with Crippen LogP contribution in [0.25, 0.3) is 0 Å². The van der Waals surface area contributed by atoms with Gasteiger partial charge in [0.1, 0.15) is 0 Å². The number of nitrogens with two attached hydrogens (primary N) is 1. The standard InChI is InChI=1S/C17H28N2O/c1-14(11-18)17-5-3-15(4-6-17)12-19(2)13-16-7-9-20-10-8-16/h3-6,14,16H,7-13,18H2,1-2H3. The molecule has 1 aromatic carbocycles. The van der Waals surface area contributed by atoms with Crippen molar-refractivity contribution in [1.82, 2.24) is 4.90 Å². The minimum absolute atomic E-state index is 0.448. The number of nitrogens with zero attached hydrogens (tertiary/aromatic N) is 1. The fraction of sp³-hybridized carbons (Fsp3) is 0.647. The molecule has 0 aromatic heterocycles. The van der Waals surface area contributed by atoms with Gasteiger partial charge in [-0.25, -0.2) is 0 Å². The van der Waals surface area contributed by atoms with E-state index in [1.54, 1.807) is 0 Å². The van der Waals surface area contributed by atoms with Gasteiger partial charge in [-0.15, -0.1) is 0 Å². The van der Waals surface area contributed by atoms with Gasteiger partial charge in [0.05, 0.1) is 0 Å². The molecule has 20 heavy (non-hydrogen) atoms. The van der Waals surface area contributed by atoms with Crippen molar-refractivity contribution in [2.45, 2.75) is 32.2 Å². The Balaban J connectivity index is 1.82. The Hall–Kier alpha value is -0.900. The second-order valence-electron chi connectivity index (χ2n) is 6.13. The van der Waals surface area contributed by atoms with Crippen LogP contribution < -0.4 is 5.73 Å².